The van der Waals surface area contributed by atoms with Crippen LogP contribution in [0.15, 0.2) is 108 Å². The van der Waals surface area contributed by atoms with E-state index in [0.29, 0.717) is 3.63 Å². The monoisotopic (exact) mass is 723 g/mol. The van der Waals surface area contributed by atoms with Crippen molar-refractivity contribution in [2.75, 3.05) is 0 Å². The van der Waals surface area contributed by atoms with Crippen molar-refractivity contribution in [2.45, 2.75) is 89.1 Å². The maximum absolute atomic E-state index is 2.59. The summed E-state index contributed by atoms with van der Waals surface area (Å²) in [4.78, 5) is 0. The minimum Gasteiger partial charge on any atom is -1.00 e. The summed E-state index contributed by atoms with van der Waals surface area (Å²) in [6, 6.07) is 34.9. The van der Waals surface area contributed by atoms with Gasteiger partial charge < -0.3 is 24.8 Å². The van der Waals surface area contributed by atoms with Gasteiger partial charge in [-0.05, 0) is 0 Å². The zero-order chi connectivity index (χ0) is 31.2. The van der Waals surface area contributed by atoms with Crippen molar-refractivity contribution in [3.05, 3.63) is 147 Å². The van der Waals surface area contributed by atoms with Gasteiger partial charge in [0.2, 0.25) is 0 Å². The van der Waals surface area contributed by atoms with Crippen LogP contribution >= 0.6 is 0 Å². The van der Waals surface area contributed by atoms with Crippen molar-refractivity contribution in [2.24, 2.45) is 0 Å². The molecule has 6 rings (SSSR count). The topological polar surface area (TPSA) is 0 Å². The summed E-state index contributed by atoms with van der Waals surface area (Å²) in [5.74, 6) is 0. The van der Waals surface area contributed by atoms with E-state index in [9.17, 15) is 0 Å². The molecule has 4 aromatic carbocycles. The molecular weight excluding hydrogens is 679 g/mol. The zero-order valence-corrected chi connectivity index (χ0v) is 32.7. The normalized spacial score (nSPS) is 15.3. The third-order valence-corrected chi connectivity index (χ3v) is 13.9. The quantitative estimate of drug-likeness (QED) is 0.243. The molecule has 4 aromatic rings. The molecule has 2 aliphatic rings. The standard InChI is InChI=1S/C30H37.C13H10.2ClH.Zr/c1-9-19-11-13-25(22(19)10-2)28-26-18-20-17-21(29(3,4)5)12-14-23(20)24(26)15-16-27(28)30(6,7)8;1-3-7-12(8-4-1)11-13-9-5-2-6-10-13;;;/h11-12,14-18H,9-10,13H2,1-8H3;1-10H;2*1H;/q;;;;+2/p-2. The second kappa shape index (κ2) is 14.4. The van der Waals surface area contributed by atoms with E-state index in [1.807, 2.05) is 0 Å². The summed E-state index contributed by atoms with van der Waals surface area (Å²) in [6.45, 7) is 19.0. The van der Waals surface area contributed by atoms with E-state index in [-0.39, 0.29) is 35.6 Å². The Hall–Kier alpha value is -2.31. The van der Waals surface area contributed by atoms with Crippen LogP contribution in [0.2, 0.25) is 0 Å². The van der Waals surface area contributed by atoms with Crippen LogP contribution in [0.3, 0.4) is 0 Å². The van der Waals surface area contributed by atoms with Gasteiger partial charge in [-0.15, -0.1) is 0 Å². The van der Waals surface area contributed by atoms with Gasteiger partial charge in [-0.3, -0.25) is 0 Å². The van der Waals surface area contributed by atoms with E-state index in [0.717, 1.165) is 19.3 Å². The number of rotatable bonds is 6. The molecule has 0 nitrogen and oxygen atoms in total. The van der Waals surface area contributed by atoms with Crippen molar-refractivity contribution in [1.29, 1.82) is 0 Å². The first-order chi connectivity index (χ1) is 21.0. The number of benzene rings is 4. The van der Waals surface area contributed by atoms with Crippen molar-refractivity contribution in [3.8, 4) is 11.1 Å². The van der Waals surface area contributed by atoms with E-state index in [1.165, 1.54) is 33.4 Å². The van der Waals surface area contributed by atoms with Gasteiger partial charge >= 0.3 is 279 Å². The average Bonchev–Trinajstić information content (AvgIpc) is 3.57. The Morgan fingerprint density at radius 3 is 1.80 bits per heavy atom. The molecule has 0 amide bonds. The van der Waals surface area contributed by atoms with Gasteiger partial charge in [-0.2, -0.15) is 0 Å². The van der Waals surface area contributed by atoms with E-state index in [1.54, 1.807) is 36.6 Å². The Morgan fingerprint density at radius 2 is 1.28 bits per heavy atom. The molecule has 0 aliphatic heterocycles. The van der Waals surface area contributed by atoms with Crippen LogP contribution in [-0.4, -0.2) is 3.21 Å². The Labute approximate surface area is 301 Å². The number of halogens is 2. The molecule has 0 aromatic heterocycles. The number of allylic oxidation sites excluding steroid dienone is 4. The average molecular weight is 726 g/mol. The van der Waals surface area contributed by atoms with Gasteiger partial charge in [0.1, 0.15) is 0 Å². The smallest absolute Gasteiger partial charge is 1.00 e. The molecule has 1 atom stereocenters. The number of hydrogen-bond acceptors (Lipinski definition) is 0. The molecule has 0 saturated heterocycles. The van der Waals surface area contributed by atoms with Gasteiger partial charge in [0.25, 0.3) is 0 Å². The van der Waals surface area contributed by atoms with Crippen molar-refractivity contribution >= 4 is 8.78 Å². The Bertz CT molecular complexity index is 1750. The summed E-state index contributed by atoms with van der Waals surface area (Å²) < 4.78 is 2.03. The minimum absolute atomic E-state index is 0. The van der Waals surface area contributed by atoms with Crippen LogP contribution in [-0.2, 0) is 33.6 Å². The van der Waals surface area contributed by atoms with Crippen molar-refractivity contribution in [1.82, 2.24) is 0 Å². The first-order valence-corrected chi connectivity index (χ1v) is 19.2. The number of hydrogen-bond donors (Lipinski definition) is 0. The van der Waals surface area contributed by atoms with Crippen LogP contribution in [0.25, 0.3) is 16.7 Å². The maximum atomic E-state index is 2.59. The van der Waals surface area contributed by atoms with Gasteiger partial charge in [0.05, 0.1) is 0 Å². The van der Waals surface area contributed by atoms with E-state index >= 15 is 0 Å². The van der Waals surface area contributed by atoms with Crippen LogP contribution in [0.5, 0.6) is 0 Å². The predicted molar refractivity (Wildman–Crippen MR) is 187 cm³/mol. The molecule has 46 heavy (non-hydrogen) atoms. The van der Waals surface area contributed by atoms with Gasteiger partial charge in [-0.25, -0.2) is 0 Å². The maximum Gasteiger partial charge on any atom is -1.00 e. The summed E-state index contributed by atoms with van der Waals surface area (Å²) >= 11 is -1.25. The third kappa shape index (κ3) is 6.81. The molecule has 3 heteroatoms. The molecule has 0 bridgehead atoms. The largest absolute Gasteiger partial charge is 1.00 e. The molecule has 0 spiro atoms. The fourth-order valence-corrected chi connectivity index (χ4v) is 11.7. The van der Waals surface area contributed by atoms with E-state index in [4.69, 9.17) is 0 Å². The molecule has 0 N–H and O–H groups in total. The summed E-state index contributed by atoms with van der Waals surface area (Å²) in [7, 11) is 0. The molecule has 237 valence electrons. The van der Waals surface area contributed by atoms with Crippen molar-refractivity contribution < 1.29 is 47.6 Å². The van der Waals surface area contributed by atoms with E-state index < -0.39 is 22.8 Å². The SMILES string of the molecule is CCC1=CCC(c2c(C(C)(C)C)ccc3c2[CH]([Zr+2]=[C](c2ccccc2)c2ccccc2)c2cc(C(C)(C)C)ccc2-3)=C1CC.[Cl-].[Cl-]. The van der Waals surface area contributed by atoms with Crippen molar-refractivity contribution in [3.63, 3.8) is 0 Å². The Balaban J connectivity index is 0.00000240. The molecule has 2 aliphatic carbocycles. The predicted octanol–water partition coefficient (Wildman–Crippen LogP) is 5.61. The summed E-state index contributed by atoms with van der Waals surface area (Å²) in [6.07, 6.45) is 5.79. The minimum atomic E-state index is -1.25. The summed E-state index contributed by atoms with van der Waals surface area (Å²) in [5, 5.41) is 0. The first-order valence-electron chi connectivity index (χ1n) is 16.5. The second-order valence-electron chi connectivity index (χ2n) is 14.5. The van der Waals surface area contributed by atoms with E-state index in [2.05, 4.69) is 152 Å². The fourth-order valence-electron chi connectivity index (χ4n) is 7.33. The molecular formula is C43H47Cl2Zr. The Kier molecular flexibility index (Phi) is 11.5. The van der Waals surface area contributed by atoms with Crippen LogP contribution in [0, 0.1) is 0 Å². The summed E-state index contributed by atoms with van der Waals surface area (Å²) in [5.41, 5.74) is 18.3. The molecule has 0 heterocycles. The van der Waals surface area contributed by atoms with Crippen LogP contribution in [0.4, 0.5) is 0 Å². The fraction of sp³-hybridized carbons (Fsp3) is 0.326. The van der Waals surface area contributed by atoms with Crippen LogP contribution < -0.4 is 24.8 Å². The number of fused-ring (bicyclic) bond motifs is 3. The Morgan fingerprint density at radius 1 is 0.696 bits per heavy atom. The van der Waals surface area contributed by atoms with Gasteiger partial charge in [-0.1, -0.05) is 0 Å². The molecule has 0 radical (unpaired) electrons. The zero-order valence-electron chi connectivity index (χ0n) is 28.7. The third-order valence-electron chi connectivity index (χ3n) is 9.62. The molecule has 1 unspecified atom stereocenters. The molecule has 0 saturated carbocycles. The van der Waals surface area contributed by atoms with Gasteiger partial charge in [0, 0.05) is 0 Å². The molecule has 0 fully saturated rings. The second-order valence-corrected chi connectivity index (χ2v) is 17.9. The van der Waals surface area contributed by atoms with Gasteiger partial charge in [0.15, 0.2) is 0 Å². The van der Waals surface area contributed by atoms with Crippen LogP contribution in [0.1, 0.15) is 117 Å². The first kappa shape index (κ1) is 36.5.